The van der Waals surface area contributed by atoms with Crippen LogP contribution < -0.4 is 20.2 Å². The normalized spacial score (nSPS) is 10.4. The van der Waals surface area contributed by atoms with Crippen molar-refractivity contribution in [2.75, 3.05) is 19.0 Å². The van der Waals surface area contributed by atoms with Crippen LogP contribution >= 0.6 is 22.6 Å². The van der Waals surface area contributed by atoms with Crippen molar-refractivity contribution in [3.05, 3.63) is 64.3 Å². The largest absolute Gasteiger partial charge is 0.493 e. The molecule has 0 aliphatic carbocycles. The topological polar surface area (TPSA) is 89.0 Å². The summed E-state index contributed by atoms with van der Waals surface area (Å²) in [4.78, 5) is 23.8. The van der Waals surface area contributed by atoms with Crippen LogP contribution in [0.5, 0.6) is 11.5 Å². The van der Waals surface area contributed by atoms with Crippen molar-refractivity contribution >= 4 is 46.3 Å². The molecule has 8 heteroatoms. The van der Waals surface area contributed by atoms with E-state index in [1.165, 1.54) is 6.21 Å². The molecule has 0 aliphatic rings. The molecule has 0 radical (unpaired) electrons. The first-order chi connectivity index (χ1) is 14.0. The van der Waals surface area contributed by atoms with Crippen LogP contribution in [0.15, 0.2) is 60.2 Å². The van der Waals surface area contributed by atoms with Crippen LogP contribution in [0.3, 0.4) is 0 Å². The fraction of sp³-hybridized carbons (Fsp3) is 0.190. The number of hydrogen-bond donors (Lipinski definition) is 2. The predicted octanol–water partition coefficient (Wildman–Crippen LogP) is 3.73. The lowest BCUT2D eigenvalue weighted by Gasteiger charge is -2.12. The molecule has 0 bridgehead atoms. The molecule has 0 atom stereocenters. The highest BCUT2D eigenvalue weighted by Gasteiger charge is 2.11. The first-order valence-electron chi connectivity index (χ1n) is 8.81. The molecule has 2 N–H and O–H groups in total. The molecule has 0 spiro atoms. The third-order valence-electron chi connectivity index (χ3n) is 3.64. The highest BCUT2D eigenvalue weighted by atomic mass is 127. The number of ether oxygens (including phenoxy) is 2. The molecule has 0 saturated carbocycles. The number of para-hydroxylation sites is 1. The van der Waals surface area contributed by atoms with Gasteiger partial charge in [-0.25, -0.2) is 5.43 Å². The molecule has 2 rings (SSSR count). The smallest absolute Gasteiger partial charge is 0.240 e. The second-order valence-corrected chi connectivity index (χ2v) is 7.00. The fourth-order valence-corrected chi connectivity index (χ4v) is 3.08. The number of nitrogens with zero attached hydrogens (tertiary/aromatic N) is 1. The summed E-state index contributed by atoms with van der Waals surface area (Å²) in [5.41, 5.74) is 3.85. The average Bonchev–Trinajstić information content (AvgIpc) is 2.72. The minimum Gasteiger partial charge on any atom is -0.493 e. The molecule has 2 aromatic carbocycles. The first-order valence-corrected chi connectivity index (χ1v) is 9.89. The van der Waals surface area contributed by atoms with Crippen LogP contribution in [0.1, 0.15) is 18.4 Å². The van der Waals surface area contributed by atoms with Gasteiger partial charge in [0.2, 0.25) is 11.8 Å². The second kappa shape index (κ2) is 11.8. The zero-order valence-electron chi connectivity index (χ0n) is 16.0. The molecule has 0 fully saturated rings. The first kappa shape index (κ1) is 22.4. The van der Waals surface area contributed by atoms with E-state index in [4.69, 9.17) is 9.47 Å². The third kappa shape index (κ3) is 7.57. The summed E-state index contributed by atoms with van der Waals surface area (Å²) < 4.78 is 11.8. The Labute approximate surface area is 183 Å². The van der Waals surface area contributed by atoms with E-state index in [0.29, 0.717) is 23.8 Å². The molecule has 0 saturated heterocycles. The Kier molecular flexibility index (Phi) is 9.16. The van der Waals surface area contributed by atoms with Crippen molar-refractivity contribution in [1.82, 2.24) is 5.43 Å². The fourth-order valence-electron chi connectivity index (χ4n) is 2.30. The van der Waals surface area contributed by atoms with Crippen LogP contribution in [0.25, 0.3) is 0 Å². The maximum Gasteiger partial charge on any atom is 0.240 e. The number of anilines is 1. The minimum atomic E-state index is -0.350. The van der Waals surface area contributed by atoms with E-state index in [2.05, 4.69) is 45.0 Å². The summed E-state index contributed by atoms with van der Waals surface area (Å²) in [6.07, 6.45) is 3.26. The van der Waals surface area contributed by atoms with Crippen LogP contribution in [0, 0.1) is 3.57 Å². The summed E-state index contributed by atoms with van der Waals surface area (Å²) in [6, 6.07) is 12.7. The highest BCUT2D eigenvalue weighted by molar-refractivity contribution is 14.1. The van der Waals surface area contributed by atoms with Crippen LogP contribution in [0.4, 0.5) is 5.69 Å². The van der Waals surface area contributed by atoms with E-state index < -0.39 is 0 Å². The second-order valence-electron chi connectivity index (χ2n) is 5.84. The molecule has 0 aliphatic heterocycles. The summed E-state index contributed by atoms with van der Waals surface area (Å²) in [5.74, 6) is 0.601. The quantitative estimate of drug-likeness (QED) is 0.222. The van der Waals surface area contributed by atoms with E-state index in [1.54, 1.807) is 31.4 Å². The lowest BCUT2D eigenvalue weighted by molar-refractivity contribution is -0.124. The molecule has 2 aromatic rings. The van der Waals surface area contributed by atoms with Gasteiger partial charge in [-0.05, 0) is 52.4 Å². The molecule has 2 amide bonds. The van der Waals surface area contributed by atoms with Gasteiger partial charge >= 0.3 is 0 Å². The van der Waals surface area contributed by atoms with Crippen molar-refractivity contribution in [3.63, 3.8) is 0 Å². The Hall–Kier alpha value is -2.88. The number of carbonyl (C=O) groups is 2. The molecular formula is C21H22IN3O4. The van der Waals surface area contributed by atoms with E-state index in [-0.39, 0.29) is 24.7 Å². The SMILES string of the molecule is C=CCOc1c(I)cc(C=NNC(=O)CCC(=O)Nc2ccccc2)cc1OC. The van der Waals surface area contributed by atoms with Crippen LogP contribution in [-0.2, 0) is 9.59 Å². The minimum absolute atomic E-state index is 0.0329. The van der Waals surface area contributed by atoms with Crippen molar-refractivity contribution in [2.24, 2.45) is 5.10 Å². The molecule has 0 unspecified atom stereocenters. The number of amides is 2. The van der Waals surface area contributed by atoms with Crippen LogP contribution in [0.2, 0.25) is 0 Å². The highest BCUT2D eigenvalue weighted by Crippen LogP contribution is 2.33. The standard InChI is InChI=1S/C21H22IN3O4/c1-3-11-29-21-17(22)12-15(13-18(21)28-2)14-23-25-20(27)10-9-19(26)24-16-7-5-4-6-8-16/h3-8,12-14H,1,9-11H2,2H3,(H,24,26)(H,25,27). The number of benzene rings is 2. The van der Waals surface area contributed by atoms with E-state index in [9.17, 15) is 9.59 Å². The third-order valence-corrected chi connectivity index (χ3v) is 4.44. The Bertz CT molecular complexity index is 885. The number of rotatable bonds is 10. The van der Waals surface area contributed by atoms with Crippen molar-refractivity contribution in [2.45, 2.75) is 12.8 Å². The molecule has 7 nitrogen and oxygen atoms in total. The number of methoxy groups -OCH3 is 1. The van der Waals surface area contributed by atoms with Gasteiger partial charge in [0.1, 0.15) is 6.61 Å². The molecule has 29 heavy (non-hydrogen) atoms. The van der Waals surface area contributed by atoms with Crippen molar-refractivity contribution in [1.29, 1.82) is 0 Å². The maximum absolute atomic E-state index is 11.9. The molecule has 152 valence electrons. The van der Waals surface area contributed by atoms with Crippen LogP contribution in [-0.4, -0.2) is 31.7 Å². The number of halogens is 1. The average molecular weight is 507 g/mol. The number of carbonyl (C=O) groups excluding carboxylic acids is 2. The lowest BCUT2D eigenvalue weighted by atomic mass is 10.2. The number of nitrogens with one attached hydrogen (secondary N) is 2. The van der Waals surface area contributed by atoms with Crippen molar-refractivity contribution < 1.29 is 19.1 Å². The summed E-state index contributed by atoms with van der Waals surface area (Å²) in [5, 5.41) is 6.67. The van der Waals surface area contributed by atoms with E-state index in [0.717, 1.165) is 9.13 Å². The Morgan fingerprint density at radius 2 is 1.90 bits per heavy atom. The zero-order valence-corrected chi connectivity index (χ0v) is 18.1. The summed E-state index contributed by atoms with van der Waals surface area (Å²) in [7, 11) is 1.55. The van der Waals surface area contributed by atoms with Gasteiger partial charge in [0.25, 0.3) is 0 Å². The van der Waals surface area contributed by atoms with Gasteiger partial charge in [0.05, 0.1) is 16.9 Å². The van der Waals surface area contributed by atoms with Gasteiger partial charge in [-0.2, -0.15) is 5.10 Å². The Balaban J connectivity index is 1.85. The monoisotopic (exact) mass is 507 g/mol. The summed E-state index contributed by atoms with van der Waals surface area (Å²) >= 11 is 2.14. The molecular weight excluding hydrogens is 485 g/mol. The summed E-state index contributed by atoms with van der Waals surface area (Å²) in [6.45, 7) is 4.00. The molecule has 0 heterocycles. The van der Waals surface area contributed by atoms with Gasteiger partial charge in [-0.15, -0.1) is 0 Å². The van der Waals surface area contributed by atoms with Gasteiger partial charge in [0.15, 0.2) is 11.5 Å². The van der Waals surface area contributed by atoms with Gasteiger partial charge < -0.3 is 14.8 Å². The molecule has 0 aromatic heterocycles. The van der Waals surface area contributed by atoms with Gasteiger partial charge in [-0.1, -0.05) is 30.9 Å². The van der Waals surface area contributed by atoms with Gasteiger partial charge in [-0.3, -0.25) is 9.59 Å². The lowest BCUT2D eigenvalue weighted by Crippen LogP contribution is -2.20. The number of hydrazone groups is 1. The number of hydrogen-bond acceptors (Lipinski definition) is 5. The maximum atomic E-state index is 11.9. The zero-order chi connectivity index (χ0) is 21.1. The predicted molar refractivity (Wildman–Crippen MR) is 121 cm³/mol. The van der Waals surface area contributed by atoms with E-state index >= 15 is 0 Å². The van der Waals surface area contributed by atoms with Gasteiger partial charge in [0, 0.05) is 18.5 Å². The van der Waals surface area contributed by atoms with Crippen molar-refractivity contribution in [3.8, 4) is 11.5 Å². The Morgan fingerprint density at radius 1 is 1.17 bits per heavy atom. The van der Waals surface area contributed by atoms with E-state index in [1.807, 2.05) is 24.3 Å². The Morgan fingerprint density at radius 3 is 2.59 bits per heavy atom.